The van der Waals surface area contributed by atoms with Gasteiger partial charge in [-0.2, -0.15) is 0 Å². The number of ketones is 1. The summed E-state index contributed by atoms with van der Waals surface area (Å²) in [6.07, 6.45) is 0.162. The van der Waals surface area contributed by atoms with Crippen LogP contribution in [-0.4, -0.2) is 5.78 Å². The van der Waals surface area contributed by atoms with Crippen molar-refractivity contribution < 1.29 is 9.18 Å². The average Bonchev–Trinajstić information content (AvgIpc) is 2.34. The predicted octanol–water partition coefficient (Wildman–Crippen LogP) is 4.67. The van der Waals surface area contributed by atoms with E-state index in [9.17, 15) is 9.18 Å². The van der Waals surface area contributed by atoms with E-state index in [-0.39, 0.29) is 17.2 Å². The highest BCUT2D eigenvalue weighted by molar-refractivity contribution is 9.10. The number of hydrogen-bond donors (Lipinski definition) is 0. The SMILES string of the molecule is O=C(Cc1ccc(Cl)c(F)c1)c1ccc(Br)cc1. The Morgan fingerprint density at radius 1 is 1.17 bits per heavy atom. The van der Waals surface area contributed by atoms with Gasteiger partial charge in [-0.3, -0.25) is 4.79 Å². The van der Waals surface area contributed by atoms with Gasteiger partial charge < -0.3 is 0 Å². The van der Waals surface area contributed by atoms with Crippen molar-refractivity contribution >= 4 is 33.3 Å². The van der Waals surface area contributed by atoms with Gasteiger partial charge in [-0.25, -0.2) is 4.39 Å². The molecule has 2 rings (SSSR count). The number of halogens is 3. The summed E-state index contributed by atoms with van der Waals surface area (Å²) in [4.78, 5) is 12.0. The van der Waals surface area contributed by atoms with Crippen molar-refractivity contribution in [1.29, 1.82) is 0 Å². The first kappa shape index (κ1) is 13.2. The molecule has 0 heterocycles. The lowest BCUT2D eigenvalue weighted by Crippen LogP contribution is -2.03. The molecule has 0 atom stereocenters. The van der Waals surface area contributed by atoms with Crippen molar-refractivity contribution in [3.63, 3.8) is 0 Å². The van der Waals surface area contributed by atoms with E-state index in [1.54, 1.807) is 30.3 Å². The lowest BCUT2D eigenvalue weighted by atomic mass is 10.0. The molecule has 1 nitrogen and oxygen atoms in total. The molecule has 0 saturated carbocycles. The second-order valence-corrected chi connectivity index (χ2v) is 5.18. The summed E-state index contributed by atoms with van der Waals surface area (Å²) in [5, 5.41) is 0.0647. The molecule has 0 aromatic heterocycles. The Morgan fingerprint density at radius 2 is 1.83 bits per heavy atom. The lowest BCUT2D eigenvalue weighted by Gasteiger charge is -2.03. The largest absolute Gasteiger partial charge is 0.294 e. The summed E-state index contributed by atoms with van der Waals surface area (Å²) in [6, 6.07) is 11.5. The molecule has 2 aromatic carbocycles. The zero-order valence-corrected chi connectivity index (χ0v) is 11.6. The minimum Gasteiger partial charge on any atom is -0.294 e. The van der Waals surface area contributed by atoms with Crippen LogP contribution in [0.1, 0.15) is 15.9 Å². The summed E-state index contributed by atoms with van der Waals surface area (Å²) in [6.45, 7) is 0. The minimum absolute atomic E-state index is 0.0516. The number of rotatable bonds is 3. The maximum absolute atomic E-state index is 13.2. The summed E-state index contributed by atoms with van der Waals surface area (Å²) in [7, 11) is 0. The standard InChI is InChI=1S/C14H9BrClFO/c15-11-4-2-10(3-5-11)14(18)8-9-1-6-12(16)13(17)7-9/h1-7H,8H2. The maximum Gasteiger partial charge on any atom is 0.167 e. The van der Waals surface area contributed by atoms with E-state index in [1.165, 1.54) is 12.1 Å². The molecule has 0 radical (unpaired) electrons. The molecule has 0 fully saturated rings. The first-order chi connectivity index (χ1) is 8.56. The maximum atomic E-state index is 13.2. The van der Waals surface area contributed by atoms with Crippen LogP contribution in [0.2, 0.25) is 5.02 Å². The van der Waals surface area contributed by atoms with Crippen LogP contribution >= 0.6 is 27.5 Å². The van der Waals surface area contributed by atoms with Crippen LogP contribution in [0.4, 0.5) is 4.39 Å². The monoisotopic (exact) mass is 326 g/mol. The van der Waals surface area contributed by atoms with E-state index in [0.29, 0.717) is 11.1 Å². The first-order valence-corrected chi connectivity index (χ1v) is 6.46. The highest BCUT2D eigenvalue weighted by Crippen LogP contribution is 2.17. The first-order valence-electron chi connectivity index (χ1n) is 5.29. The fourth-order valence-corrected chi connectivity index (χ4v) is 1.95. The minimum atomic E-state index is -0.502. The Labute approximate surface area is 118 Å². The van der Waals surface area contributed by atoms with Gasteiger partial charge in [0, 0.05) is 16.5 Å². The van der Waals surface area contributed by atoms with Gasteiger partial charge in [-0.15, -0.1) is 0 Å². The van der Waals surface area contributed by atoms with Crippen molar-refractivity contribution in [2.24, 2.45) is 0 Å². The molecular weight excluding hydrogens is 319 g/mol. The third kappa shape index (κ3) is 3.18. The number of hydrogen-bond acceptors (Lipinski definition) is 1. The van der Waals surface area contributed by atoms with Crippen LogP contribution in [0.5, 0.6) is 0 Å². The van der Waals surface area contributed by atoms with Crippen LogP contribution in [0, 0.1) is 5.82 Å². The van der Waals surface area contributed by atoms with Crippen LogP contribution in [0.15, 0.2) is 46.9 Å². The van der Waals surface area contributed by atoms with Crippen LogP contribution in [-0.2, 0) is 6.42 Å². The summed E-state index contributed by atoms with van der Waals surface area (Å²) < 4.78 is 14.1. The second-order valence-electron chi connectivity index (χ2n) is 3.86. The molecule has 0 aliphatic rings. The number of carbonyl (C=O) groups is 1. The third-order valence-electron chi connectivity index (χ3n) is 2.51. The van der Waals surface area contributed by atoms with E-state index >= 15 is 0 Å². The molecule has 0 unspecified atom stereocenters. The predicted molar refractivity (Wildman–Crippen MR) is 73.6 cm³/mol. The van der Waals surface area contributed by atoms with Gasteiger partial charge >= 0.3 is 0 Å². The fourth-order valence-electron chi connectivity index (χ4n) is 1.57. The van der Waals surface area contributed by atoms with E-state index in [1.807, 2.05) is 0 Å². The highest BCUT2D eigenvalue weighted by Gasteiger charge is 2.08. The Bertz CT molecular complexity index is 581. The van der Waals surface area contributed by atoms with Crippen LogP contribution in [0.3, 0.4) is 0 Å². The molecule has 92 valence electrons. The van der Waals surface area contributed by atoms with E-state index in [0.717, 1.165) is 4.47 Å². The second kappa shape index (κ2) is 5.63. The average molecular weight is 328 g/mol. The molecule has 18 heavy (non-hydrogen) atoms. The van der Waals surface area contributed by atoms with Crippen molar-refractivity contribution in [3.8, 4) is 0 Å². The van der Waals surface area contributed by atoms with Gasteiger partial charge in [0.1, 0.15) is 5.82 Å². The Morgan fingerprint density at radius 3 is 2.44 bits per heavy atom. The Hall–Kier alpha value is -1.19. The van der Waals surface area contributed by atoms with Crippen molar-refractivity contribution in [2.75, 3.05) is 0 Å². The highest BCUT2D eigenvalue weighted by atomic mass is 79.9. The van der Waals surface area contributed by atoms with Gasteiger partial charge in [0.2, 0.25) is 0 Å². The normalized spacial score (nSPS) is 10.4. The zero-order valence-electron chi connectivity index (χ0n) is 9.29. The third-order valence-corrected chi connectivity index (χ3v) is 3.35. The fraction of sp³-hybridized carbons (Fsp3) is 0.0714. The number of Topliss-reactive ketones (excluding diaryl/α,β-unsaturated/α-hetero) is 1. The molecule has 0 aliphatic carbocycles. The van der Waals surface area contributed by atoms with Gasteiger partial charge in [-0.05, 0) is 29.8 Å². The quantitative estimate of drug-likeness (QED) is 0.749. The smallest absolute Gasteiger partial charge is 0.167 e. The molecular formula is C14H9BrClFO. The van der Waals surface area contributed by atoms with E-state index in [4.69, 9.17) is 11.6 Å². The summed E-state index contributed by atoms with van der Waals surface area (Å²) in [5.41, 5.74) is 1.22. The number of benzene rings is 2. The lowest BCUT2D eigenvalue weighted by molar-refractivity contribution is 0.0993. The van der Waals surface area contributed by atoms with Gasteiger partial charge in [0.15, 0.2) is 5.78 Å². The molecule has 4 heteroatoms. The molecule has 0 spiro atoms. The molecule has 0 saturated heterocycles. The van der Waals surface area contributed by atoms with Gasteiger partial charge in [0.25, 0.3) is 0 Å². The Kier molecular flexibility index (Phi) is 4.15. The molecule has 0 N–H and O–H groups in total. The summed E-state index contributed by atoms with van der Waals surface area (Å²) >= 11 is 8.89. The van der Waals surface area contributed by atoms with Crippen LogP contribution in [0.25, 0.3) is 0 Å². The molecule has 0 aliphatic heterocycles. The molecule has 0 amide bonds. The number of carbonyl (C=O) groups excluding carboxylic acids is 1. The van der Waals surface area contributed by atoms with Gasteiger partial charge in [0.05, 0.1) is 5.02 Å². The van der Waals surface area contributed by atoms with Crippen molar-refractivity contribution in [3.05, 3.63) is 68.9 Å². The zero-order chi connectivity index (χ0) is 13.1. The molecule has 2 aromatic rings. The van der Waals surface area contributed by atoms with E-state index < -0.39 is 5.82 Å². The van der Waals surface area contributed by atoms with E-state index in [2.05, 4.69) is 15.9 Å². The Balaban J connectivity index is 2.16. The summed E-state index contributed by atoms with van der Waals surface area (Å²) in [5.74, 6) is -0.554. The van der Waals surface area contributed by atoms with Crippen molar-refractivity contribution in [2.45, 2.75) is 6.42 Å². The van der Waals surface area contributed by atoms with Crippen LogP contribution < -0.4 is 0 Å². The topological polar surface area (TPSA) is 17.1 Å². The van der Waals surface area contributed by atoms with Gasteiger partial charge in [-0.1, -0.05) is 45.7 Å². The van der Waals surface area contributed by atoms with Crippen molar-refractivity contribution in [1.82, 2.24) is 0 Å². The molecule has 0 bridgehead atoms.